The zero-order valence-corrected chi connectivity index (χ0v) is 14.0. The molecule has 1 fully saturated rings. The second-order valence-corrected chi connectivity index (χ2v) is 5.88. The van der Waals surface area contributed by atoms with Crippen molar-refractivity contribution in [1.82, 2.24) is 10.9 Å². The summed E-state index contributed by atoms with van der Waals surface area (Å²) >= 11 is 6.07. The Hall–Kier alpha value is -1.95. The van der Waals surface area contributed by atoms with Crippen molar-refractivity contribution in [1.29, 1.82) is 0 Å². The highest BCUT2D eigenvalue weighted by Gasteiger charge is 2.22. The van der Waals surface area contributed by atoms with Crippen molar-refractivity contribution >= 4 is 23.4 Å². The molecule has 0 unspecified atom stereocenters. The van der Waals surface area contributed by atoms with Crippen molar-refractivity contribution in [3.05, 3.63) is 22.7 Å². The standard InChI is InChI=1S/C16H21ClN2O4/c1-22-13-9-11(8-12(17)14(13)23-2)16(21)19-18-15(20)10-6-4-3-5-7-10/h8-10H,3-7H2,1-2H3,(H,18,20)(H,19,21). The van der Waals surface area contributed by atoms with Gasteiger partial charge in [-0.3, -0.25) is 20.4 Å². The Kier molecular flexibility index (Phi) is 6.10. The van der Waals surface area contributed by atoms with Crippen LogP contribution in [-0.2, 0) is 4.79 Å². The van der Waals surface area contributed by atoms with Crippen molar-refractivity contribution in [3.63, 3.8) is 0 Å². The minimum Gasteiger partial charge on any atom is -0.493 e. The maximum atomic E-state index is 12.2. The van der Waals surface area contributed by atoms with Crippen LogP contribution in [-0.4, -0.2) is 26.0 Å². The van der Waals surface area contributed by atoms with E-state index in [1.54, 1.807) is 0 Å². The summed E-state index contributed by atoms with van der Waals surface area (Å²) in [5, 5.41) is 0.260. The summed E-state index contributed by atoms with van der Waals surface area (Å²) in [5.41, 5.74) is 5.18. The number of rotatable bonds is 4. The van der Waals surface area contributed by atoms with Gasteiger partial charge in [-0.15, -0.1) is 0 Å². The van der Waals surface area contributed by atoms with Gasteiger partial charge >= 0.3 is 0 Å². The summed E-state index contributed by atoms with van der Waals surface area (Å²) in [5.74, 6) is 0.0698. The van der Waals surface area contributed by atoms with Crippen LogP contribution >= 0.6 is 11.6 Å². The van der Waals surface area contributed by atoms with E-state index in [0.29, 0.717) is 11.5 Å². The number of carbonyl (C=O) groups is 2. The van der Waals surface area contributed by atoms with E-state index in [0.717, 1.165) is 25.7 Å². The first-order valence-electron chi connectivity index (χ1n) is 7.58. The number of halogens is 1. The molecule has 2 amide bonds. The van der Waals surface area contributed by atoms with Gasteiger partial charge < -0.3 is 9.47 Å². The maximum Gasteiger partial charge on any atom is 0.269 e. The second kappa shape index (κ2) is 8.06. The van der Waals surface area contributed by atoms with Crippen molar-refractivity contribution in [2.75, 3.05) is 14.2 Å². The van der Waals surface area contributed by atoms with Gasteiger partial charge in [0.05, 0.1) is 19.2 Å². The molecule has 0 saturated heterocycles. The van der Waals surface area contributed by atoms with Gasteiger partial charge in [0.25, 0.3) is 5.91 Å². The first-order chi connectivity index (χ1) is 11.1. The fourth-order valence-corrected chi connectivity index (χ4v) is 2.99. The summed E-state index contributed by atoms with van der Waals surface area (Å²) in [6.07, 6.45) is 5.00. The Bertz CT molecular complexity index is 586. The van der Waals surface area contributed by atoms with E-state index in [2.05, 4.69) is 10.9 Å². The lowest BCUT2D eigenvalue weighted by atomic mass is 9.89. The molecule has 1 aromatic carbocycles. The van der Waals surface area contributed by atoms with Crippen molar-refractivity contribution in [2.45, 2.75) is 32.1 Å². The third kappa shape index (κ3) is 4.28. The lowest BCUT2D eigenvalue weighted by Gasteiger charge is -2.20. The van der Waals surface area contributed by atoms with Crippen LogP contribution in [0.2, 0.25) is 5.02 Å². The van der Waals surface area contributed by atoms with Gasteiger partial charge in [0.1, 0.15) is 0 Å². The molecular weight excluding hydrogens is 320 g/mol. The molecule has 1 aromatic rings. The van der Waals surface area contributed by atoms with Crippen LogP contribution in [0.25, 0.3) is 0 Å². The summed E-state index contributed by atoms with van der Waals surface area (Å²) in [4.78, 5) is 24.2. The first kappa shape index (κ1) is 17.4. The van der Waals surface area contributed by atoms with Crippen LogP contribution in [0.1, 0.15) is 42.5 Å². The molecule has 2 rings (SSSR count). The Morgan fingerprint density at radius 3 is 2.39 bits per heavy atom. The lowest BCUT2D eigenvalue weighted by Crippen LogP contribution is -2.44. The van der Waals surface area contributed by atoms with Gasteiger partial charge in [0.15, 0.2) is 11.5 Å². The average molecular weight is 341 g/mol. The highest BCUT2D eigenvalue weighted by Crippen LogP contribution is 2.35. The van der Waals surface area contributed by atoms with E-state index in [1.807, 2.05) is 0 Å². The Labute approximate surface area is 140 Å². The van der Waals surface area contributed by atoms with Gasteiger partial charge in [-0.1, -0.05) is 30.9 Å². The highest BCUT2D eigenvalue weighted by atomic mass is 35.5. The molecule has 126 valence electrons. The summed E-state index contributed by atoms with van der Waals surface area (Å²) in [6.45, 7) is 0. The lowest BCUT2D eigenvalue weighted by molar-refractivity contribution is -0.126. The number of methoxy groups -OCH3 is 2. The van der Waals surface area contributed by atoms with Gasteiger partial charge in [-0.25, -0.2) is 0 Å². The number of ether oxygens (including phenoxy) is 2. The third-order valence-corrected chi connectivity index (χ3v) is 4.25. The van der Waals surface area contributed by atoms with Crippen molar-refractivity contribution in [2.24, 2.45) is 5.92 Å². The predicted octanol–water partition coefficient (Wildman–Crippen LogP) is 2.70. The number of hydrogen-bond acceptors (Lipinski definition) is 4. The molecule has 0 heterocycles. The van der Waals surface area contributed by atoms with E-state index in [9.17, 15) is 9.59 Å². The van der Waals surface area contributed by atoms with Gasteiger partial charge in [-0.2, -0.15) is 0 Å². The van der Waals surface area contributed by atoms with Crippen LogP contribution in [0.3, 0.4) is 0 Å². The molecule has 1 saturated carbocycles. The Balaban J connectivity index is 2.00. The molecule has 0 spiro atoms. The molecule has 1 aliphatic carbocycles. The fourth-order valence-electron chi connectivity index (χ4n) is 2.71. The second-order valence-electron chi connectivity index (χ2n) is 5.47. The predicted molar refractivity (Wildman–Crippen MR) is 86.7 cm³/mol. The van der Waals surface area contributed by atoms with Crippen LogP contribution in [0.5, 0.6) is 11.5 Å². The molecule has 0 aromatic heterocycles. The van der Waals surface area contributed by atoms with E-state index in [-0.39, 0.29) is 22.4 Å². The van der Waals surface area contributed by atoms with Gasteiger partial charge in [0.2, 0.25) is 5.91 Å². The zero-order chi connectivity index (χ0) is 16.8. The third-order valence-electron chi connectivity index (χ3n) is 3.97. The molecule has 6 nitrogen and oxygen atoms in total. The van der Waals surface area contributed by atoms with Crippen LogP contribution in [0, 0.1) is 5.92 Å². The van der Waals surface area contributed by atoms with Gasteiger partial charge in [0, 0.05) is 11.5 Å². The van der Waals surface area contributed by atoms with Crippen molar-refractivity contribution in [3.8, 4) is 11.5 Å². The van der Waals surface area contributed by atoms with E-state index < -0.39 is 5.91 Å². The summed E-state index contributed by atoms with van der Waals surface area (Å²) < 4.78 is 10.3. The molecular formula is C16H21ClN2O4. The Morgan fingerprint density at radius 2 is 1.78 bits per heavy atom. The van der Waals surface area contributed by atoms with Crippen LogP contribution < -0.4 is 20.3 Å². The molecule has 2 N–H and O–H groups in total. The highest BCUT2D eigenvalue weighted by molar-refractivity contribution is 6.32. The smallest absolute Gasteiger partial charge is 0.269 e. The molecule has 1 aliphatic rings. The van der Waals surface area contributed by atoms with Crippen LogP contribution in [0.4, 0.5) is 0 Å². The minimum atomic E-state index is -0.461. The van der Waals surface area contributed by atoms with E-state index >= 15 is 0 Å². The zero-order valence-electron chi connectivity index (χ0n) is 13.3. The molecule has 0 aliphatic heterocycles. The molecule has 0 atom stereocenters. The monoisotopic (exact) mass is 340 g/mol. The summed E-state index contributed by atoms with van der Waals surface area (Å²) in [6, 6.07) is 2.97. The average Bonchev–Trinajstić information content (AvgIpc) is 2.59. The van der Waals surface area contributed by atoms with Gasteiger partial charge in [-0.05, 0) is 25.0 Å². The number of hydrazine groups is 1. The van der Waals surface area contributed by atoms with E-state index in [1.165, 1.54) is 32.8 Å². The Morgan fingerprint density at radius 1 is 1.09 bits per heavy atom. The maximum absolute atomic E-state index is 12.2. The number of carbonyl (C=O) groups excluding carboxylic acids is 2. The van der Waals surface area contributed by atoms with Crippen LogP contribution in [0.15, 0.2) is 12.1 Å². The molecule has 0 radical (unpaired) electrons. The molecule has 23 heavy (non-hydrogen) atoms. The van der Waals surface area contributed by atoms with E-state index in [4.69, 9.17) is 21.1 Å². The first-order valence-corrected chi connectivity index (χ1v) is 7.96. The largest absolute Gasteiger partial charge is 0.493 e. The number of benzene rings is 1. The summed E-state index contributed by atoms with van der Waals surface area (Å²) in [7, 11) is 2.93. The SMILES string of the molecule is COc1cc(C(=O)NNC(=O)C2CCCCC2)cc(Cl)c1OC. The number of hydrogen-bond donors (Lipinski definition) is 2. The molecule has 7 heteroatoms. The molecule has 0 bridgehead atoms. The number of amides is 2. The minimum absolute atomic E-state index is 0.0296. The quantitative estimate of drug-likeness (QED) is 0.826. The van der Waals surface area contributed by atoms with Crippen molar-refractivity contribution < 1.29 is 19.1 Å². The number of nitrogens with one attached hydrogen (secondary N) is 2. The fraction of sp³-hybridized carbons (Fsp3) is 0.500. The topological polar surface area (TPSA) is 76.7 Å². The normalized spacial score (nSPS) is 14.9.